The lowest BCUT2D eigenvalue weighted by Crippen LogP contribution is -2.38. The van der Waals surface area contributed by atoms with E-state index in [1.807, 2.05) is 0 Å². The van der Waals surface area contributed by atoms with Crippen molar-refractivity contribution in [3.05, 3.63) is 28.8 Å². The number of hydrogen-bond acceptors (Lipinski definition) is 3. The SMILES string of the molecule is CCC1CCN(C(=O)c2ccc(Cl)c(S(=O)(=O)Cl)c2)CC1. The van der Waals surface area contributed by atoms with Crippen LogP contribution in [0.15, 0.2) is 23.1 Å². The van der Waals surface area contributed by atoms with Gasteiger partial charge in [-0.3, -0.25) is 4.79 Å². The van der Waals surface area contributed by atoms with Crippen molar-refractivity contribution in [3.63, 3.8) is 0 Å². The van der Waals surface area contributed by atoms with Gasteiger partial charge in [0.2, 0.25) is 0 Å². The van der Waals surface area contributed by atoms with Crippen LogP contribution in [0.5, 0.6) is 0 Å². The van der Waals surface area contributed by atoms with E-state index < -0.39 is 9.05 Å². The first kappa shape index (κ1) is 16.6. The van der Waals surface area contributed by atoms with Crippen LogP contribution in [0.2, 0.25) is 5.02 Å². The van der Waals surface area contributed by atoms with E-state index in [1.54, 1.807) is 4.90 Å². The molecule has 1 amide bonds. The molecule has 0 N–H and O–H groups in total. The lowest BCUT2D eigenvalue weighted by Gasteiger charge is -2.31. The number of rotatable bonds is 3. The molecular weight excluding hydrogens is 333 g/mol. The van der Waals surface area contributed by atoms with Gasteiger partial charge in [-0.25, -0.2) is 8.42 Å². The average Bonchev–Trinajstić information content (AvgIpc) is 2.46. The highest BCUT2D eigenvalue weighted by Gasteiger charge is 2.24. The van der Waals surface area contributed by atoms with E-state index in [2.05, 4.69) is 6.92 Å². The number of halogens is 2. The van der Waals surface area contributed by atoms with E-state index in [0.717, 1.165) is 19.3 Å². The number of piperidine rings is 1. The molecule has 0 unspecified atom stereocenters. The van der Waals surface area contributed by atoms with Crippen LogP contribution in [-0.4, -0.2) is 32.3 Å². The number of likely N-dealkylation sites (tertiary alicyclic amines) is 1. The molecule has 21 heavy (non-hydrogen) atoms. The fourth-order valence-corrected chi connectivity index (χ4v) is 4.04. The third-order valence-electron chi connectivity index (χ3n) is 3.92. The minimum Gasteiger partial charge on any atom is -0.339 e. The highest BCUT2D eigenvalue weighted by molar-refractivity contribution is 8.13. The van der Waals surface area contributed by atoms with Gasteiger partial charge < -0.3 is 4.90 Å². The predicted molar refractivity (Wildman–Crippen MR) is 83.4 cm³/mol. The van der Waals surface area contributed by atoms with Crippen molar-refractivity contribution in [2.24, 2.45) is 5.92 Å². The molecule has 0 spiro atoms. The second-order valence-corrected chi connectivity index (χ2v) is 8.17. The van der Waals surface area contributed by atoms with Gasteiger partial charge in [-0.05, 0) is 37.0 Å². The van der Waals surface area contributed by atoms with E-state index >= 15 is 0 Å². The molecule has 1 aromatic rings. The zero-order chi connectivity index (χ0) is 15.6. The van der Waals surface area contributed by atoms with Crippen LogP contribution in [0.25, 0.3) is 0 Å². The molecule has 1 saturated heterocycles. The molecular formula is C14H17Cl2NO3S. The Morgan fingerprint density at radius 1 is 1.33 bits per heavy atom. The number of hydrogen-bond donors (Lipinski definition) is 0. The van der Waals surface area contributed by atoms with Gasteiger partial charge in [0.15, 0.2) is 0 Å². The molecule has 0 aromatic heterocycles. The van der Waals surface area contributed by atoms with Gasteiger partial charge in [-0.2, -0.15) is 0 Å². The van der Waals surface area contributed by atoms with Gasteiger partial charge in [0, 0.05) is 29.3 Å². The molecule has 2 rings (SSSR count). The molecule has 7 heteroatoms. The van der Waals surface area contributed by atoms with Crippen LogP contribution in [-0.2, 0) is 9.05 Å². The molecule has 0 saturated carbocycles. The summed E-state index contributed by atoms with van der Waals surface area (Å²) in [5.41, 5.74) is 0.300. The molecule has 116 valence electrons. The minimum absolute atomic E-state index is 0.0197. The van der Waals surface area contributed by atoms with E-state index in [4.69, 9.17) is 22.3 Å². The van der Waals surface area contributed by atoms with Gasteiger partial charge in [0.05, 0.1) is 5.02 Å². The Morgan fingerprint density at radius 2 is 1.95 bits per heavy atom. The minimum atomic E-state index is -3.96. The fourth-order valence-electron chi connectivity index (χ4n) is 2.55. The largest absolute Gasteiger partial charge is 0.339 e. The van der Waals surface area contributed by atoms with Crippen LogP contribution < -0.4 is 0 Å². The maximum atomic E-state index is 12.4. The standard InChI is InChI=1S/C14H17Cl2NO3S/c1-2-10-5-7-17(8-6-10)14(18)11-3-4-12(15)13(9-11)21(16,19)20/h3-4,9-10H,2,5-8H2,1H3. The number of nitrogens with zero attached hydrogens (tertiary/aromatic N) is 1. The molecule has 1 aliphatic heterocycles. The summed E-state index contributed by atoms with van der Waals surface area (Å²) in [5, 5.41) is 0.0197. The monoisotopic (exact) mass is 349 g/mol. The van der Waals surface area contributed by atoms with Gasteiger partial charge in [-0.1, -0.05) is 24.9 Å². The highest BCUT2D eigenvalue weighted by atomic mass is 35.7. The lowest BCUT2D eigenvalue weighted by atomic mass is 9.94. The van der Waals surface area contributed by atoms with Crippen molar-refractivity contribution >= 4 is 37.2 Å². The van der Waals surface area contributed by atoms with E-state index in [-0.39, 0.29) is 15.8 Å². The summed E-state index contributed by atoms with van der Waals surface area (Å²) in [6, 6.07) is 4.17. The zero-order valence-corrected chi connectivity index (χ0v) is 14.0. The molecule has 4 nitrogen and oxygen atoms in total. The maximum Gasteiger partial charge on any atom is 0.262 e. The molecule has 1 aliphatic rings. The summed E-state index contributed by atoms with van der Waals surface area (Å²) < 4.78 is 22.9. The summed E-state index contributed by atoms with van der Waals surface area (Å²) in [7, 11) is 1.36. The molecule has 0 radical (unpaired) electrons. The summed E-state index contributed by atoms with van der Waals surface area (Å²) in [5.74, 6) is 0.487. The summed E-state index contributed by atoms with van der Waals surface area (Å²) >= 11 is 5.82. The normalized spacial score (nSPS) is 17.0. The Kier molecular flexibility index (Phi) is 5.17. The van der Waals surface area contributed by atoms with Gasteiger partial charge >= 0.3 is 0 Å². The van der Waals surface area contributed by atoms with Crippen molar-refractivity contribution in [1.29, 1.82) is 0 Å². The topological polar surface area (TPSA) is 54.5 Å². The van der Waals surface area contributed by atoms with Gasteiger partial charge in [0.25, 0.3) is 15.0 Å². The van der Waals surface area contributed by atoms with Crippen molar-refractivity contribution in [1.82, 2.24) is 4.90 Å². The molecule has 1 aromatic carbocycles. The first-order valence-electron chi connectivity index (χ1n) is 6.86. The van der Waals surface area contributed by atoms with E-state index in [9.17, 15) is 13.2 Å². The lowest BCUT2D eigenvalue weighted by molar-refractivity contribution is 0.0688. The average molecular weight is 350 g/mol. The first-order valence-corrected chi connectivity index (χ1v) is 9.55. The molecule has 1 heterocycles. The summed E-state index contributed by atoms with van der Waals surface area (Å²) in [6.45, 7) is 3.55. The Bertz CT molecular complexity index is 638. The van der Waals surface area contributed by atoms with Crippen LogP contribution in [0.1, 0.15) is 36.5 Å². The van der Waals surface area contributed by atoms with Crippen LogP contribution in [0.4, 0.5) is 0 Å². The predicted octanol–water partition coefficient (Wildman–Crippen LogP) is 3.53. The quantitative estimate of drug-likeness (QED) is 0.784. The van der Waals surface area contributed by atoms with Gasteiger partial charge in [-0.15, -0.1) is 0 Å². The maximum absolute atomic E-state index is 12.4. The van der Waals surface area contributed by atoms with Crippen LogP contribution in [0, 0.1) is 5.92 Å². The Labute approximate surface area is 134 Å². The number of carbonyl (C=O) groups excluding carboxylic acids is 1. The van der Waals surface area contributed by atoms with Crippen LogP contribution >= 0.6 is 22.3 Å². The first-order chi connectivity index (χ1) is 9.82. The Morgan fingerprint density at radius 3 is 2.48 bits per heavy atom. The summed E-state index contributed by atoms with van der Waals surface area (Å²) in [4.78, 5) is 14.0. The van der Waals surface area contributed by atoms with Crippen molar-refractivity contribution in [2.45, 2.75) is 31.1 Å². The second-order valence-electron chi connectivity index (χ2n) is 5.23. The molecule has 0 aliphatic carbocycles. The molecule has 0 bridgehead atoms. The van der Waals surface area contributed by atoms with E-state index in [1.165, 1.54) is 18.2 Å². The zero-order valence-electron chi connectivity index (χ0n) is 11.7. The summed E-state index contributed by atoms with van der Waals surface area (Å²) in [6.07, 6.45) is 3.09. The van der Waals surface area contributed by atoms with Crippen LogP contribution in [0.3, 0.4) is 0 Å². The smallest absolute Gasteiger partial charge is 0.262 e. The van der Waals surface area contributed by atoms with Crippen molar-refractivity contribution in [3.8, 4) is 0 Å². The molecule has 0 atom stereocenters. The number of benzene rings is 1. The van der Waals surface area contributed by atoms with Crippen molar-refractivity contribution < 1.29 is 13.2 Å². The third kappa shape index (κ3) is 3.90. The molecule has 1 fully saturated rings. The van der Waals surface area contributed by atoms with E-state index in [0.29, 0.717) is 24.6 Å². The Balaban J connectivity index is 2.21. The fraction of sp³-hybridized carbons (Fsp3) is 0.500. The van der Waals surface area contributed by atoms with Gasteiger partial charge in [0.1, 0.15) is 4.90 Å². The second kappa shape index (κ2) is 6.55. The third-order valence-corrected chi connectivity index (χ3v) is 5.72. The number of amides is 1. The number of carbonyl (C=O) groups is 1. The van der Waals surface area contributed by atoms with Crippen molar-refractivity contribution in [2.75, 3.05) is 13.1 Å². The highest BCUT2D eigenvalue weighted by Crippen LogP contribution is 2.27. The Hall–Kier alpha value is -0.780.